The van der Waals surface area contributed by atoms with Crippen LogP contribution in [0, 0.1) is 0 Å². The number of fused-ring (bicyclic) bond motifs is 2. The molecular weight excluding hydrogens is 422 g/mol. The van der Waals surface area contributed by atoms with Crippen molar-refractivity contribution < 1.29 is 36.6 Å². The highest BCUT2D eigenvalue weighted by atomic mass is 19.3. The highest BCUT2D eigenvalue weighted by Crippen LogP contribution is 2.27. The van der Waals surface area contributed by atoms with Crippen LogP contribution < -0.4 is 14.8 Å². The number of ether oxygens (including phenoxy) is 3. The van der Waals surface area contributed by atoms with Crippen molar-refractivity contribution in [3.05, 3.63) is 41.1 Å². The number of amides is 1. The molecule has 1 aromatic heterocycles. The lowest BCUT2D eigenvalue weighted by molar-refractivity contribution is -0.147. The summed E-state index contributed by atoms with van der Waals surface area (Å²) in [5, 5.41) is 7.03. The second-order valence-corrected chi connectivity index (χ2v) is 7.44. The number of carbonyl (C=O) groups is 1. The predicted octanol–water partition coefficient (Wildman–Crippen LogP) is 2.81. The molecule has 1 amide bonds. The number of hydrogen-bond acceptors (Lipinski definition) is 5. The van der Waals surface area contributed by atoms with E-state index in [9.17, 15) is 22.4 Å². The van der Waals surface area contributed by atoms with Gasteiger partial charge in [-0.25, -0.2) is 13.5 Å². The monoisotopic (exact) mass is 443 g/mol. The quantitative estimate of drug-likeness (QED) is 0.667. The van der Waals surface area contributed by atoms with Gasteiger partial charge in [0.1, 0.15) is 18.5 Å². The molecule has 0 spiro atoms. The molecular formula is C20H21F4N3O4. The van der Waals surface area contributed by atoms with E-state index in [2.05, 4.69) is 15.2 Å². The van der Waals surface area contributed by atoms with E-state index in [0.29, 0.717) is 36.6 Å². The molecule has 168 valence electrons. The molecule has 11 heteroatoms. The first-order valence-corrected chi connectivity index (χ1v) is 9.85. The van der Waals surface area contributed by atoms with Crippen LogP contribution >= 0.6 is 0 Å². The topological polar surface area (TPSA) is 74.6 Å². The van der Waals surface area contributed by atoms with Gasteiger partial charge in [0.2, 0.25) is 12.3 Å². The van der Waals surface area contributed by atoms with Crippen molar-refractivity contribution >= 4 is 5.91 Å². The Morgan fingerprint density at radius 3 is 2.90 bits per heavy atom. The number of rotatable bonds is 7. The second-order valence-electron chi connectivity index (χ2n) is 7.44. The third kappa shape index (κ3) is 5.27. The summed E-state index contributed by atoms with van der Waals surface area (Å²) in [5.41, 5.74) is 1.39. The number of nitrogens with zero attached hydrogens (tertiary/aromatic N) is 2. The molecule has 2 atom stereocenters. The summed E-state index contributed by atoms with van der Waals surface area (Å²) in [6.07, 6.45) is -2.45. The minimum Gasteiger partial charge on any atom is -0.491 e. The van der Waals surface area contributed by atoms with Crippen molar-refractivity contribution in [2.75, 3.05) is 13.2 Å². The zero-order valence-electron chi connectivity index (χ0n) is 16.4. The highest BCUT2D eigenvalue weighted by molar-refractivity contribution is 5.92. The lowest BCUT2D eigenvalue weighted by Crippen LogP contribution is -2.43. The van der Waals surface area contributed by atoms with E-state index in [1.165, 1.54) is 10.7 Å². The highest BCUT2D eigenvalue weighted by Gasteiger charge is 2.27. The Kier molecular flexibility index (Phi) is 6.30. The van der Waals surface area contributed by atoms with Gasteiger partial charge in [0.05, 0.1) is 12.6 Å². The van der Waals surface area contributed by atoms with Crippen molar-refractivity contribution in [1.82, 2.24) is 15.1 Å². The first-order chi connectivity index (χ1) is 14.9. The lowest BCUT2D eigenvalue weighted by atomic mass is 9.99. The van der Waals surface area contributed by atoms with Crippen LogP contribution in [0.5, 0.6) is 11.6 Å². The van der Waals surface area contributed by atoms with Crippen LogP contribution in [-0.2, 0) is 24.1 Å². The molecule has 2 aliphatic rings. The van der Waals surface area contributed by atoms with E-state index in [1.807, 2.05) is 0 Å². The van der Waals surface area contributed by atoms with Crippen LogP contribution in [-0.4, -0.2) is 54.1 Å². The average Bonchev–Trinajstić information content (AvgIpc) is 3.15. The van der Waals surface area contributed by atoms with Crippen LogP contribution in [0.25, 0.3) is 0 Å². The first-order valence-electron chi connectivity index (χ1n) is 9.85. The number of aromatic nitrogens is 2. The van der Waals surface area contributed by atoms with Gasteiger partial charge in [-0.2, -0.15) is 13.9 Å². The van der Waals surface area contributed by atoms with Gasteiger partial charge >= 0.3 is 6.61 Å². The van der Waals surface area contributed by atoms with Crippen LogP contribution in [0.1, 0.15) is 28.0 Å². The zero-order valence-corrected chi connectivity index (χ0v) is 16.4. The van der Waals surface area contributed by atoms with Gasteiger partial charge in [0, 0.05) is 25.5 Å². The maximum Gasteiger partial charge on any atom is 0.345 e. The summed E-state index contributed by atoms with van der Waals surface area (Å²) in [6, 6.07) is 6.04. The van der Waals surface area contributed by atoms with Crippen LogP contribution in [0.2, 0.25) is 0 Å². The van der Waals surface area contributed by atoms with E-state index in [0.717, 1.165) is 5.56 Å². The molecule has 0 radical (unpaired) electrons. The average molecular weight is 443 g/mol. The maximum atomic E-state index is 12.6. The number of alkyl halides is 4. The molecule has 3 heterocycles. The normalized spacial score (nSPS) is 20.1. The van der Waals surface area contributed by atoms with Crippen molar-refractivity contribution in [3.8, 4) is 11.6 Å². The second kappa shape index (κ2) is 9.13. The van der Waals surface area contributed by atoms with Gasteiger partial charge in [-0.05, 0) is 23.6 Å². The van der Waals surface area contributed by atoms with E-state index in [4.69, 9.17) is 9.47 Å². The summed E-state index contributed by atoms with van der Waals surface area (Å²) >= 11 is 0. The summed E-state index contributed by atoms with van der Waals surface area (Å²) in [4.78, 5) is 12.6. The smallest absolute Gasteiger partial charge is 0.345 e. The third-order valence-corrected chi connectivity index (χ3v) is 5.09. The molecule has 2 aliphatic heterocycles. The zero-order chi connectivity index (χ0) is 22.0. The van der Waals surface area contributed by atoms with Gasteiger partial charge in [-0.1, -0.05) is 12.1 Å². The number of hydrogen-bond donors (Lipinski definition) is 1. The summed E-state index contributed by atoms with van der Waals surface area (Å²) in [6.45, 7) is -2.47. The Labute approximate surface area is 175 Å². The molecule has 4 rings (SSSR count). The molecule has 31 heavy (non-hydrogen) atoms. The Morgan fingerprint density at radius 2 is 2.13 bits per heavy atom. The predicted molar refractivity (Wildman–Crippen MR) is 99.8 cm³/mol. The lowest BCUT2D eigenvalue weighted by Gasteiger charge is -2.26. The molecule has 2 aromatic rings. The Hall–Kier alpha value is -2.82. The van der Waals surface area contributed by atoms with Crippen molar-refractivity contribution in [3.63, 3.8) is 0 Å². The van der Waals surface area contributed by atoms with E-state index < -0.39 is 25.0 Å². The van der Waals surface area contributed by atoms with E-state index >= 15 is 0 Å². The minimum absolute atomic E-state index is 0.127. The van der Waals surface area contributed by atoms with E-state index in [1.54, 1.807) is 18.2 Å². The van der Waals surface area contributed by atoms with Crippen LogP contribution in [0.15, 0.2) is 24.3 Å². The standard InChI is InChI=1S/C20H21F4N3O4/c21-17(22)6-11-1-2-16-12(5-11)7-13(9-29-16)25-19(28)15-8-18-27(26-15)4-3-14(31-18)10-30-20(23)24/h1-2,5,8,13-14,17,20H,3-4,6-7,9-10H2,(H,25,28)/t13-,14?/m1/s1. The maximum absolute atomic E-state index is 12.6. The van der Waals surface area contributed by atoms with Gasteiger partial charge in [0.25, 0.3) is 5.91 Å². The van der Waals surface area contributed by atoms with Gasteiger partial charge < -0.3 is 19.5 Å². The third-order valence-electron chi connectivity index (χ3n) is 5.09. The van der Waals surface area contributed by atoms with E-state index in [-0.39, 0.29) is 31.4 Å². The summed E-state index contributed by atoms with van der Waals surface area (Å²) in [7, 11) is 0. The van der Waals surface area contributed by atoms with Crippen molar-refractivity contribution in [1.29, 1.82) is 0 Å². The summed E-state index contributed by atoms with van der Waals surface area (Å²) in [5.74, 6) is 0.485. The Balaban J connectivity index is 1.37. The minimum atomic E-state index is -2.87. The number of aryl methyl sites for hydroxylation is 1. The SMILES string of the molecule is O=C(N[C@H]1COc2ccc(CC(F)F)cc2C1)c1cc2n(n1)CCC(COC(F)F)O2. The molecule has 1 aromatic carbocycles. The van der Waals surface area contributed by atoms with Crippen LogP contribution in [0.3, 0.4) is 0 Å². The van der Waals surface area contributed by atoms with Crippen LogP contribution in [0.4, 0.5) is 17.6 Å². The first kappa shape index (κ1) is 21.4. The molecule has 0 saturated carbocycles. The number of nitrogens with one attached hydrogen (secondary N) is 1. The number of carbonyl (C=O) groups excluding carboxylic acids is 1. The molecule has 0 saturated heterocycles. The molecule has 0 bridgehead atoms. The molecule has 0 aliphatic carbocycles. The van der Waals surface area contributed by atoms with Gasteiger partial charge in [-0.3, -0.25) is 4.79 Å². The summed E-state index contributed by atoms with van der Waals surface area (Å²) < 4.78 is 66.7. The molecule has 1 unspecified atom stereocenters. The largest absolute Gasteiger partial charge is 0.491 e. The molecule has 0 fully saturated rings. The molecule has 7 nitrogen and oxygen atoms in total. The number of halogens is 4. The fourth-order valence-electron chi connectivity index (χ4n) is 3.66. The fraction of sp³-hybridized carbons (Fsp3) is 0.500. The Morgan fingerprint density at radius 1 is 1.29 bits per heavy atom. The number of benzene rings is 1. The van der Waals surface area contributed by atoms with Gasteiger partial charge in [0.15, 0.2) is 5.69 Å². The fourth-order valence-corrected chi connectivity index (χ4v) is 3.66. The Bertz CT molecular complexity index is 937. The van der Waals surface area contributed by atoms with Crippen molar-refractivity contribution in [2.45, 2.75) is 51.0 Å². The van der Waals surface area contributed by atoms with Gasteiger partial charge in [-0.15, -0.1) is 0 Å². The van der Waals surface area contributed by atoms with Crippen molar-refractivity contribution in [2.24, 2.45) is 0 Å². The molecule has 1 N–H and O–H groups in total.